The number of aromatic nitrogens is 2. The van der Waals surface area contributed by atoms with Crippen LogP contribution in [0.4, 0.5) is 0 Å². The number of amides is 1. The van der Waals surface area contributed by atoms with Crippen LogP contribution < -0.4 is 5.43 Å². The average Bonchev–Trinajstić information content (AvgIpc) is 2.85. The van der Waals surface area contributed by atoms with Gasteiger partial charge in [0.1, 0.15) is 11.3 Å². The first-order valence-electron chi connectivity index (χ1n) is 9.91. The van der Waals surface area contributed by atoms with E-state index >= 15 is 0 Å². The van der Waals surface area contributed by atoms with E-state index in [1.165, 1.54) is 24.4 Å². The largest absolute Gasteiger partial charge is 0.507 e. The lowest BCUT2D eigenvalue weighted by Gasteiger charge is -2.08. The van der Waals surface area contributed by atoms with Gasteiger partial charge in [0.05, 0.1) is 17.6 Å². The summed E-state index contributed by atoms with van der Waals surface area (Å²) in [5.41, 5.74) is 5.32. The van der Waals surface area contributed by atoms with Crippen LogP contribution in [0.3, 0.4) is 0 Å². The molecule has 1 amide bonds. The molecule has 1 heterocycles. The fraction of sp³-hybridized carbons (Fsp3) is 0. The zero-order chi connectivity index (χ0) is 23.2. The summed E-state index contributed by atoms with van der Waals surface area (Å²) in [6.07, 6.45) is 1.27. The van der Waals surface area contributed by atoms with Crippen LogP contribution in [0.25, 0.3) is 22.5 Å². The van der Waals surface area contributed by atoms with Gasteiger partial charge in [0.2, 0.25) is 5.82 Å². The molecule has 4 aromatic rings. The third kappa shape index (κ3) is 5.08. The molecule has 8 heteroatoms. The van der Waals surface area contributed by atoms with Gasteiger partial charge in [-0.3, -0.25) is 4.79 Å². The summed E-state index contributed by atoms with van der Waals surface area (Å²) in [6, 6.07) is 24.6. The molecule has 4 rings (SSSR count). The van der Waals surface area contributed by atoms with E-state index in [0.29, 0.717) is 17.0 Å². The van der Waals surface area contributed by atoms with Gasteiger partial charge >= 0.3 is 11.9 Å². The van der Waals surface area contributed by atoms with Gasteiger partial charge in [-0.1, -0.05) is 60.7 Å². The summed E-state index contributed by atoms with van der Waals surface area (Å²) in [5.74, 6) is -2.32. The molecule has 0 atom stereocenters. The molecule has 0 fully saturated rings. The number of carbonyl (C=O) groups is 2. The number of benzene rings is 3. The minimum Gasteiger partial charge on any atom is -0.507 e. The van der Waals surface area contributed by atoms with E-state index in [1.54, 1.807) is 0 Å². The van der Waals surface area contributed by atoms with Crippen molar-refractivity contribution in [3.8, 4) is 28.3 Å². The molecule has 3 N–H and O–H groups in total. The lowest BCUT2D eigenvalue weighted by Crippen LogP contribution is -2.21. The van der Waals surface area contributed by atoms with Gasteiger partial charge in [0.25, 0.3) is 0 Å². The van der Waals surface area contributed by atoms with Crippen molar-refractivity contribution in [3.63, 3.8) is 0 Å². The lowest BCUT2D eigenvalue weighted by molar-refractivity contribution is 0.0693. The maximum atomic E-state index is 12.7. The molecule has 0 bridgehead atoms. The number of hydrazone groups is 1. The molecule has 0 spiro atoms. The van der Waals surface area contributed by atoms with Gasteiger partial charge in [-0.25, -0.2) is 20.2 Å². The van der Waals surface area contributed by atoms with Gasteiger partial charge in [-0.15, -0.1) is 0 Å². The van der Waals surface area contributed by atoms with Crippen molar-refractivity contribution in [2.75, 3.05) is 0 Å². The second-order valence-corrected chi connectivity index (χ2v) is 6.97. The summed E-state index contributed by atoms with van der Waals surface area (Å²) in [5, 5.41) is 22.6. The molecular weight excluding hydrogens is 420 g/mol. The van der Waals surface area contributed by atoms with Gasteiger partial charge in [-0.05, 0) is 29.8 Å². The Kier molecular flexibility index (Phi) is 6.17. The normalized spacial score (nSPS) is 10.8. The highest BCUT2D eigenvalue weighted by Crippen LogP contribution is 2.23. The van der Waals surface area contributed by atoms with Crippen molar-refractivity contribution in [3.05, 3.63) is 102 Å². The summed E-state index contributed by atoms with van der Waals surface area (Å²) >= 11 is 0. The second kappa shape index (κ2) is 9.52. The number of nitrogens with zero attached hydrogens (tertiary/aromatic N) is 3. The first-order chi connectivity index (χ1) is 16.0. The number of aromatic carboxylic acids is 1. The van der Waals surface area contributed by atoms with Crippen molar-refractivity contribution >= 4 is 18.1 Å². The SMILES string of the molecule is O=C(N/N=C/c1ccc(O)c(C(=O)O)c1)c1nc(-c2ccccc2)cc(-c2ccccc2)n1. The van der Waals surface area contributed by atoms with Gasteiger partial charge in [-0.2, -0.15) is 5.10 Å². The third-order valence-electron chi connectivity index (χ3n) is 4.70. The summed E-state index contributed by atoms with van der Waals surface area (Å²) < 4.78 is 0. The Balaban J connectivity index is 1.62. The van der Waals surface area contributed by atoms with Crippen LogP contribution >= 0.6 is 0 Å². The Hall–Kier alpha value is -4.85. The predicted molar refractivity (Wildman–Crippen MR) is 123 cm³/mol. The lowest BCUT2D eigenvalue weighted by atomic mass is 10.1. The monoisotopic (exact) mass is 438 g/mol. The molecule has 3 aromatic carbocycles. The van der Waals surface area contributed by atoms with Gasteiger partial charge < -0.3 is 10.2 Å². The Morgan fingerprint density at radius 2 is 1.39 bits per heavy atom. The molecule has 33 heavy (non-hydrogen) atoms. The van der Waals surface area contributed by atoms with E-state index < -0.39 is 11.9 Å². The number of carboxylic acid groups (broad SMARTS) is 1. The van der Waals surface area contributed by atoms with E-state index in [2.05, 4.69) is 20.5 Å². The van der Waals surface area contributed by atoms with Crippen LogP contribution in [0.2, 0.25) is 0 Å². The molecule has 0 aliphatic rings. The Morgan fingerprint density at radius 1 is 0.818 bits per heavy atom. The van der Waals surface area contributed by atoms with Crippen LogP contribution in [0.5, 0.6) is 5.75 Å². The van der Waals surface area contributed by atoms with Crippen LogP contribution in [0.15, 0.2) is 90.0 Å². The quantitative estimate of drug-likeness (QED) is 0.309. The maximum Gasteiger partial charge on any atom is 0.339 e. The molecule has 0 aliphatic carbocycles. The number of aromatic hydroxyl groups is 1. The maximum absolute atomic E-state index is 12.7. The third-order valence-corrected chi connectivity index (χ3v) is 4.70. The summed E-state index contributed by atoms with van der Waals surface area (Å²) in [6.45, 7) is 0. The predicted octanol–water partition coefficient (Wildman–Crippen LogP) is 3.98. The van der Waals surface area contributed by atoms with Crippen LogP contribution in [0, 0.1) is 0 Å². The molecule has 1 aromatic heterocycles. The second-order valence-electron chi connectivity index (χ2n) is 6.97. The van der Waals surface area contributed by atoms with Crippen LogP contribution in [0.1, 0.15) is 26.5 Å². The Morgan fingerprint density at radius 3 is 1.94 bits per heavy atom. The van der Waals surface area contributed by atoms with E-state index in [-0.39, 0.29) is 17.1 Å². The zero-order valence-electron chi connectivity index (χ0n) is 17.2. The topological polar surface area (TPSA) is 125 Å². The van der Waals surface area contributed by atoms with E-state index in [1.807, 2.05) is 66.7 Å². The highest BCUT2D eigenvalue weighted by Gasteiger charge is 2.14. The highest BCUT2D eigenvalue weighted by molar-refractivity contribution is 5.95. The number of phenols is 1. The van der Waals surface area contributed by atoms with Crippen molar-refractivity contribution < 1.29 is 19.8 Å². The van der Waals surface area contributed by atoms with Crippen LogP contribution in [-0.2, 0) is 0 Å². The number of carbonyl (C=O) groups excluding carboxylic acids is 1. The molecule has 0 aliphatic heterocycles. The van der Waals surface area contributed by atoms with Crippen LogP contribution in [-0.4, -0.2) is 38.3 Å². The summed E-state index contributed by atoms with van der Waals surface area (Å²) in [4.78, 5) is 32.7. The number of hydrogen-bond donors (Lipinski definition) is 3. The van der Waals surface area contributed by atoms with E-state index in [0.717, 1.165) is 11.1 Å². The first kappa shape index (κ1) is 21.4. The smallest absolute Gasteiger partial charge is 0.339 e. The van der Waals surface area contributed by atoms with Crippen molar-refractivity contribution in [1.82, 2.24) is 15.4 Å². The number of nitrogens with one attached hydrogen (secondary N) is 1. The molecule has 8 nitrogen and oxygen atoms in total. The van der Waals surface area contributed by atoms with E-state index in [9.17, 15) is 14.7 Å². The Labute approximate surface area is 188 Å². The number of rotatable bonds is 6. The molecule has 0 unspecified atom stereocenters. The number of carboxylic acids is 1. The molecular formula is C25H18N4O4. The van der Waals surface area contributed by atoms with Crippen molar-refractivity contribution in [1.29, 1.82) is 0 Å². The van der Waals surface area contributed by atoms with Crippen molar-refractivity contribution in [2.45, 2.75) is 0 Å². The highest BCUT2D eigenvalue weighted by atomic mass is 16.4. The van der Waals surface area contributed by atoms with Gasteiger partial charge in [0, 0.05) is 11.1 Å². The van der Waals surface area contributed by atoms with Gasteiger partial charge in [0.15, 0.2) is 0 Å². The minimum absolute atomic E-state index is 0.0655. The van der Waals surface area contributed by atoms with E-state index in [4.69, 9.17) is 5.11 Å². The first-order valence-corrected chi connectivity index (χ1v) is 9.91. The zero-order valence-corrected chi connectivity index (χ0v) is 17.2. The summed E-state index contributed by atoms with van der Waals surface area (Å²) in [7, 11) is 0. The fourth-order valence-corrected chi connectivity index (χ4v) is 3.08. The fourth-order valence-electron chi connectivity index (χ4n) is 3.08. The standard InChI is InChI=1S/C25H18N4O4/c30-22-12-11-16(13-19(22)25(32)33)15-26-29-24(31)23-27-20(17-7-3-1-4-8-17)14-21(28-23)18-9-5-2-6-10-18/h1-15,30H,(H,29,31)(H,32,33)/b26-15+. The molecule has 0 saturated heterocycles. The molecule has 0 saturated carbocycles. The van der Waals surface area contributed by atoms with Crippen molar-refractivity contribution in [2.24, 2.45) is 5.10 Å². The molecule has 162 valence electrons. The Bertz CT molecular complexity index is 1280. The average molecular weight is 438 g/mol. The minimum atomic E-state index is -1.27. The number of hydrogen-bond acceptors (Lipinski definition) is 6. The molecule has 0 radical (unpaired) electrons.